The summed E-state index contributed by atoms with van der Waals surface area (Å²) in [6.07, 6.45) is 1.12. The zero-order valence-corrected chi connectivity index (χ0v) is 17.2. The summed E-state index contributed by atoms with van der Waals surface area (Å²) in [6.45, 7) is 0.967. The Bertz CT molecular complexity index is 1170. The Morgan fingerprint density at radius 2 is 1.69 bits per heavy atom. The highest BCUT2D eigenvalue weighted by atomic mass is 19.1. The predicted octanol–water partition coefficient (Wildman–Crippen LogP) is 2.93. The van der Waals surface area contributed by atoms with Gasteiger partial charge in [0, 0.05) is 37.4 Å². The average Bonchev–Trinajstić information content (AvgIpc) is 2.77. The van der Waals surface area contributed by atoms with E-state index in [1.54, 1.807) is 12.1 Å². The third-order valence-corrected chi connectivity index (χ3v) is 4.68. The van der Waals surface area contributed by atoms with Gasteiger partial charge in [-0.25, -0.2) is 13.9 Å². The van der Waals surface area contributed by atoms with E-state index in [1.807, 2.05) is 12.1 Å². The van der Waals surface area contributed by atoms with Gasteiger partial charge in [-0.3, -0.25) is 14.4 Å². The molecule has 0 aliphatic rings. The summed E-state index contributed by atoms with van der Waals surface area (Å²) < 4.78 is 26.4. The van der Waals surface area contributed by atoms with Gasteiger partial charge >= 0.3 is 0 Å². The normalized spacial score (nSPS) is 10.7. The topological polar surface area (TPSA) is 116 Å². The lowest BCUT2D eigenvalue weighted by atomic mass is 10.2. The first-order valence-corrected chi connectivity index (χ1v) is 10.2. The Hall–Kier alpha value is -3.82. The first-order chi connectivity index (χ1) is 15.4. The quantitative estimate of drug-likeness (QED) is 0.360. The molecule has 3 aromatic rings. The number of amides is 2. The summed E-state index contributed by atoms with van der Waals surface area (Å²) in [5.41, 5.74) is -0.354. The molecule has 0 aliphatic heterocycles. The van der Waals surface area contributed by atoms with Crippen molar-refractivity contribution in [3.8, 4) is 0 Å². The fourth-order valence-corrected chi connectivity index (χ4v) is 3.07. The molecule has 4 N–H and O–H groups in total. The zero-order chi connectivity index (χ0) is 22.9. The number of rotatable bonds is 10. The smallest absolute Gasteiger partial charge is 0.272 e. The molecule has 1 heterocycles. The number of halogens is 2. The fraction of sp³-hybridized carbons (Fsp3) is 0.273. The monoisotopic (exact) mass is 443 g/mol. The summed E-state index contributed by atoms with van der Waals surface area (Å²) in [5, 5.41) is 16.0. The van der Waals surface area contributed by atoms with Crippen molar-refractivity contribution in [2.24, 2.45) is 0 Å². The molecular weight excluding hydrogens is 420 g/mol. The lowest BCUT2D eigenvalue weighted by Gasteiger charge is -2.09. The number of H-pyrrole nitrogens is 1. The Morgan fingerprint density at radius 3 is 2.47 bits per heavy atom. The van der Waals surface area contributed by atoms with Crippen LogP contribution in [0.2, 0.25) is 0 Å². The first kappa shape index (κ1) is 22.9. The van der Waals surface area contributed by atoms with Crippen molar-refractivity contribution in [1.29, 1.82) is 0 Å². The third kappa shape index (κ3) is 6.34. The van der Waals surface area contributed by atoms with Gasteiger partial charge in [-0.1, -0.05) is 18.2 Å². The molecule has 0 aliphatic carbocycles. The van der Waals surface area contributed by atoms with E-state index in [1.165, 1.54) is 0 Å². The summed E-state index contributed by atoms with van der Waals surface area (Å²) >= 11 is 0. The maximum Gasteiger partial charge on any atom is 0.272 e. The van der Waals surface area contributed by atoms with Crippen LogP contribution in [0.1, 0.15) is 25.7 Å². The average molecular weight is 443 g/mol. The van der Waals surface area contributed by atoms with E-state index in [9.17, 15) is 23.2 Å². The van der Waals surface area contributed by atoms with Gasteiger partial charge in [0.1, 0.15) is 11.6 Å². The number of hydrogen-bond donors (Lipinski definition) is 4. The van der Waals surface area contributed by atoms with Crippen molar-refractivity contribution in [3.05, 3.63) is 64.5 Å². The number of aromatic amines is 1. The number of carbonyl (C=O) groups is 2. The number of aromatic nitrogens is 2. The molecule has 0 bridgehead atoms. The van der Waals surface area contributed by atoms with Crippen LogP contribution in [0.25, 0.3) is 10.8 Å². The fourth-order valence-electron chi connectivity index (χ4n) is 3.07. The van der Waals surface area contributed by atoms with Crippen molar-refractivity contribution in [1.82, 2.24) is 15.5 Å². The minimum Gasteiger partial charge on any atom is -0.368 e. The van der Waals surface area contributed by atoms with E-state index < -0.39 is 17.5 Å². The molecular formula is C22H23F2N5O3. The maximum absolute atomic E-state index is 13.5. The second-order valence-corrected chi connectivity index (χ2v) is 7.10. The minimum atomic E-state index is -0.852. The van der Waals surface area contributed by atoms with Crippen LogP contribution in [-0.4, -0.2) is 35.1 Å². The van der Waals surface area contributed by atoms with Crippen molar-refractivity contribution >= 4 is 34.1 Å². The summed E-state index contributed by atoms with van der Waals surface area (Å²) in [4.78, 5) is 35.5. The van der Waals surface area contributed by atoms with Crippen molar-refractivity contribution < 1.29 is 18.4 Å². The molecule has 8 nitrogen and oxygen atoms in total. The molecule has 0 saturated heterocycles. The van der Waals surface area contributed by atoms with Gasteiger partial charge in [-0.15, -0.1) is 0 Å². The Labute approximate surface area is 182 Å². The Balaban J connectivity index is 1.32. The molecule has 1 aromatic heterocycles. The molecule has 0 spiro atoms. The van der Waals surface area contributed by atoms with Gasteiger partial charge in [0.2, 0.25) is 11.8 Å². The van der Waals surface area contributed by atoms with Gasteiger partial charge < -0.3 is 16.0 Å². The molecule has 0 saturated carbocycles. The summed E-state index contributed by atoms with van der Waals surface area (Å²) in [7, 11) is 0. The Morgan fingerprint density at radius 1 is 0.938 bits per heavy atom. The summed E-state index contributed by atoms with van der Waals surface area (Å²) in [5.74, 6) is -1.66. The van der Waals surface area contributed by atoms with Crippen LogP contribution in [0.5, 0.6) is 0 Å². The molecule has 168 valence electrons. The van der Waals surface area contributed by atoms with Crippen LogP contribution in [0.3, 0.4) is 0 Å². The van der Waals surface area contributed by atoms with Gasteiger partial charge in [0.05, 0.1) is 11.1 Å². The zero-order valence-electron chi connectivity index (χ0n) is 17.2. The van der Waals surface area contributed by atoms with Crippen molar-refractivity contribution in [3.63, 3.8) is 0 Å². The highest BCUT2D eigenvalue weighted by Gasteiger charge is 2.09. The molecule has 32 heavy (non-hydrogen) atoms. The van der Waals surface area contributed by atoms with E-state index in [0.717, 1.165) is 17.5 Å². The number of benzene rings is 2. The second kappa shape index (κ2) is 11.0. The van der Waals surface area contributed by atoms with Crippen LogP contribution < -0.4 is 21.5 Å². The standard InChI is InChI=1S/C22H23F2N5O3/c23-14-9-10-18(17(24)13-14)27-20(31)8-3-7-19(30)25-11-4-12-26-21-15-5-1-2-6-16(15)22(32)29-28-21/h1-2,5-6,9-10,13H,3-4,7-8,11-12H2,(H,25,30)(H,26,28)(H,27,31)(H,29,32). The number of nitrogens with one attached hydrogen (secondary N) is 4. The van der Waals surface area contributed by atoms with E-state index in [2.05, 4.69) is 26.1 Å². The van der Waals surface area contributed by atoms with Gasteiger partial charge in [-0.05, 0) is 31.0 Å². The molecule has 0 fully saturated rings. The number of hydrogen-bond acceptors (Lipinski definition) is 5. The van der Waals surface area contributed by atoms with Crippen LogP contribution in [0.15, 0.2) is 47.3 Å². The van der Waals surface area contributed by atoms with Gasteiger partial charge in [0.25, 0.3) is 5.56 Å². The van der Waals surface area contributed by atoms with E-state index in [-0.39, 0.29) is 30.0 Å². The summed E-state index contributed by atoms with van der Waals surface area (Å²) in [6, 6.07) is 10.0. The Kier molecular flexibility index (Phi) is 7.85. The number of carbonyl (C=O) groups excluding carboxylic acids is 2. The van der Waals surface area contributed by atoms with E-state index >= 15 is 0 Å². The first-order valence-electron chi connectivity index (χ1n) is 10.2. The lowest BCUT2D eigenvalue weighted by Crippen LogP contribution is -2.26. The molecule has 3 rings (SSSR count). The molecule has 2 amide bonds. The highest BCUT2D eigenvalue weighted by molar-refractivity contribution is 5.91. The maximum atomic E-state index is 13.5. The molecule has 10 heteroatoms. The number of nitrogens with zero attached hydrogens (tertiary/aromatic N) is 1. The van der Waals surface area contributed by atoms with Crippen LogP contribution in [-0.2, 0) is 9.59 Å². The molecule has 2 aromatic carbocycles. The van der Waals surface area contributed by atoms with Crippen LogP contribution in [0.4, 0.5) is 20.3 Å². The molecule has 0 atom stereocenters. The number of anilines is 2. The molecule has 0 radical (unpaired) electrons. The van der Waals surface area contributed by atoms with Gasteiger partial charge in [0.15, 0.2) is 5.82 Å². The van der Waals surface area contributed by atoms with Gasteiger partial charge in [-0.2, -0.15) is 5.10 Å². The lowest BCUT2D eigenvalue weighted by molar-refractivity contribution is -0.121. The van der Waals surface area contributed by atoms with Crippen molar-refractivity contribution in [2.75, 3.05) is 23.7 Å². The largest absolute Gasteiger partial charge is 0.368 e. The molecule has 0 unspecified atom stereocenters. The van der Waals surface area contributed by atoms with Crippen LogP contribution in [0, 0.1) is 11.6 Å². The van der Waals surface area contributed by atoms with Crippen LogP contribution >= 0.6 is 0 Å². The van der Waals surface area contributed by atoms with E-state index in [0.29, 0.717) is 43.2 Å². The minimum absolute atomic E-state index is 0.0384. The van der Waals surface area contributed by atoms with Crippen molar-refractivity contribution in [2.45, 2.75) is 25.7 Å². The SMILES string of the molecule is O=C(CCCC(=O)Nc1ccc(F)cc1F)NCCCNc1n[nH]c(=O)c2ccccc12. The second-order valence-electron chi connectivity index (χ2n) is 7.10. The third-order valence-electron chi connectivity index (χ3n) is 4.68. The highest BCUT2D eigenvalue weighted by Crippen LogP contribution is 2.17. The number of fused-ring (bicyclic) bond motifs is 1. The predicted molar refractivity (Wildman–Crippen MR) is 117 cm³/mol. The van der Waals surface area contributed by atoms with E-state index in [4.69, 9.17) is 0 Å².